The minimum Gasteiger partial charge on any atom is -0.490 e. The van der Waals surface area contributed by atoms with Crippen LogP contribution in [-0.4, -0.2) is 32.9 Å². The topological polar surface area (TPSA) is 78.3 Å². The van der Waals surface area contributed by atoms with Gasteiger partial charge in [0.2, 0.25) is 11.1 Å². The van der Waals surface area contributed by atoms with E-state index in [2.05, 4.69) is 28.2 Å². The van der Waals surface area contributed by atoms with E-state index in [0.717, 1.165) is 47.4 Å². The molecule has 2 aliphatic rings. The van der Waals surface area contributed by atoms with Crippen LogP contribution in [0.1, 0.15) is 56.7 Å². The molecule has 0 amide bonds. The lowest BCUT2D eigenvalue weighted by Crippen LogP contribution is -2.31. The summed E-state index contributed by atoms with van der Waals surface area (Å²) in [5.74, 6) is 2.81. The zero-order chi connectivity index (χ0) is 26.8. The minimum atomic E-state index is -0.423. The SMILES string of the molecule is CCCSc1nc2n(n1)C(c1cc(Br)c(OCc3ccc(Cl)cc3Cl)c(OCC)c1)C1=C(CCCC1=O)N2. The number of ether oxygens (including phenoxy) is 2. The Morgan fingerprint density at radius 2 is 2.03 bits per heavy atom. The summed E-state index contributed by atoms with van der Waals surface area (Å²) in [4.78, 5) is 17.9. The molecule has 38 heavy (non-hydrogen) atoms. The molecule has 1 N–H and O–H groups in total. The van der Waals surface area contributed by atoms with Gasteiger partial charge in [0.25, 0.3) is 0 Å². The Hall–Kier alpha value is -2.20. The van der Waals surface area contributed by atoms with Gasteiger partial charge in [0.15, 0.2) is 17.3 Å². The maximum atomic E-state index is 13.2. The Labute approximate surface area is 244 Å². The number of nitrogens with zero attached hydrogens (tertiary/aromatic N) is 3. The third kappa shape index (κ3) is 5.57. The molecule has 200 valence electrons. The smallest absolute Gasteiger partial charge is 0.227 e. The fourth-order valence-corrected chi connectivity index (χ4v) is 6.36. The molecular weight excluding hydrogens is 611 g/mol. The molecular formula is C27H27BrCl2N4O3S. The number of fused-ring (bicyclic) bond motifs is 1. The normalized spacial score (nSPS) is 16.7. The van der Waals surface area contributed by atoms with Crippen molar-refractivity contribution in [2.45, 2.75) is 57.3 Å². The summed E-state index contributed by atoms with van der Waals surface area (Å²) in [7, 11) is 0. The molecule has 0 fully saturated rings. The van der Waals surface area contributed by atoms with E-state index >= 15 is 0 Å². The number of carbonyl (C=O) groups excluding carboxylic acids is 1. The third-order valence-corrected chi connectivity index (χ3v) is 8.54. The van der Waals surface area contributed by atoms with Crippen molar-refractivity contribution in [2.75, 3.05) is 17.7 Å². The Balaban J connectivity index is 1.55. The molecule has 5 rings (SSSR count). The van der Waals surface area contributed by atoms with Gasteiger partial charge in [-0.15, -0.1) is 5.10 Å². The molecule has 2 aromatic carbocycles. The van der Waals surface area contributed by atoms with Gasteiger partial charge in [0.1, 0.15) is 12.6 Å². The van der Waals surface area contributed by atoms with Crippen LogP contribution in [-0.2, 0) is 11.4 Å². The van der Waals surface area contributed by atoms with Crippen molar-refractivity contribution in [3.63, 3.8) is 0 Å². The second-order valence-electron chi connectivity index (χ2n) is 8.99. The van der Waals surface area contributed by atoms with Crippen LogP contribution in [0.25, 0.3) is 0 Å². The van der Waals surface area contributed by atoms with Crippen molar-refractivity contribution in [3.8, 4) is 11.5 Å². The number of benzene rings is 2. The van der Waals surface area contributed by atoms with Gasteiger partial charge in [-0.1, -0.05) is 48.0 Å². The number of rotatable bonds is 9. The lowest BCUT2D eigenvalue weighted by molar-refractivity contribution is -0.116. The molecule has 2 heterocycles. The monoisotopic (exact) mass is 636 g/mol. The molecule has 1 aromatic heterocycles. The number of carbonyl (C=O) groups is 1. The number of Topliss-reactive ketones (excluding diaryl/α,β-unsaturated/α-hetero) is 1. The first-order chi connectivity index (χ1) is 18.4. The highest BCUT2D eigenvalue weighted by molar-refractivity contribution is 9.10. The van der Waals surface area contributed by atoms with E-state index in [1.807, 2.05) is 29.8 Å². The van der Waals surface area contributed by atoms with Crippen molar-refractivity contribution in [1.29, 1.82) is 0 Å². The molecule has 7 nitrogen and oxygen atoms in total. The largest absolute Gasteiger partial charge is 0.490 e. The van der Waals surface area contributed by atoms with Crippen LogP contribution >= 0.6 is 50.9 Å². The summed E-state index contributed by atoms with van der Waals surface area (Å²) in [5, 5.41) is 9.97. The van der Waals surface area contributed by atoms with Crippen LogP contribution in [0.4, 0.5) is 5.95 Å². The summed E-state index contributed by atoms with van der Waals surface area (Å²) in [6.07, 6.45) is 3.15. The van der Waals surface area contributed by atoms with Crippen LogP contribution in [0.5, 0.6) is 11.5 Å². The molecule has 0 radical (unpaired) electrons. The molecule has 0 saturated carbocycles. The van der Waals surface area contributed by atoms with E-state index in [1.165, 1.54) is 0 Å². The van der Waals surface area contributed by atoms with Gasteiger partial charge in [0.05, 0.1) is 11.1 Å². The zero-order valence-corrected chi connectivity index (χ0v) is 24.9. The molecule has 0 saturated heterocycles. The summed E-state index contributed by atoms with van der Waals surface area (Å²) < 4.78 is 14.7. The highest BCUT2D eigenvalue weighted by Gasteiger charge is 2.37. The number of nitrogens with one attached hydrogen (secondary N) is 1. The Bertz CT molecular complexity index is 1410. The van der Waals surface area contributed by atoms with Gasteiger partial charge in [-0.25, -0.2) is 4.68 Å². The summed E-state index contributed by atoms with van der Waals surface area (Å²) in [6, 6.07) is 8.78. The minimum absolute atomic E-state index is 0.124. The fraction of sp³-hybridized carbons (Fsp3) is 0.370. The van der Waals surface area contributed by atoms with Crippen LogP contribution in [0, 0.1) is 0 Å². The van der Waals surface area contributed by atoms with Crippen molar-refractivity contribution in [3.05, 3.63) is 67.2 Å². The molecule has 3 aromatic rings. The number of allylic oxidation sites excluding steroid dienone is 2. The van der Waals surface area contributed by atoms with Gasteiger partial charge in [-0.05, 0) is 71.9 Å². The number of aromatic nitrogens is 3. The Morgan fingerprint density at radius 3 is 2.79 bits per heavy atom. The van der Waals surface area contributed by atoms with Crippen LogP contribution in [0.3, 0.4) is 0 Å². The van der Waals surface area contributed by atoms with Gasteiger partial charge < -0.3 is 14.8 Å². The van der Waals surface area contributed by atoms with Crippen LogP contribution in [0.2, 0.25) is 10.0 Å². The average Bonchev–Trinajstić information content (AvgIpc) is 3.29. The summed E-state index contributed by atoms with van der Waals surface area (Å²) in [5.41, 5.74) is 3.32. The van der Waals surface area contributed by atoms with Crippen LogP contribution in [0.15, 0.2) is 51.2 Å². The van der Waals surface area contributed by atoms with E-state index in [9.17, 15) is 4.79 Å². The molecule has 1 unspecified atom stereocenters. The van der Waals surface area contributed by atoms with Gasteiger partial charge >= 0.3 is 0 Å². The van der Waals surface area contributed by atoms with Crippen molar-refractivity contribution in [1.82, 2.24) is 14.8 Å². The first-order valence-electron chi connectivity index (χ1n) is 12.5. The van der Waals surface area contributed by atoms with Gasteiger partial charge in [0, 0.05) is 39.1 Å². The van der Waals surface area contributed by atoms with Gasteiger partial charge in [-0.3, -0.25) is 4.79 Å². The van der Waals surface area contributed by atoms with Gasteiger partial charge in [-0.2, -0.15) is 4.98 Å². The fourth-order valence-electron chi connectivity index (χ4n) is 4.64. The number of thioether (sulfide) groups is 1. The highest BCUT2D eigenvalue weighted by Crippen LogP contribution is 2.45. The molecule has 1 atom stereocenters. The van der Waals surface area contributed by atoms with E-state index in [0.29, 0.717) is 50.1 Å². The van der Waals surface area contributed by atoms with E-state index in [1.54, 1.807) is 23.9 Å². The molecule has 1 aliphatic heterocycles. The number of anilines is 1. The third-order valence-electron chi connectivity index (χ3n) is 6.32. The predicted molar refractivity (Wildman–Crippen MR) is 155 cm³/mol. The Morgan fingerprint density at radius 1 is 1.18 bits per heavy atom. The molecule has 1 aliphatic carbocycles. The lowest BCUT2D eigenvalue weighted by atomic mass is 9.85. The van der Waals surface area contributed by atoms with Crippen LogP contribution < -0.4 is 14.8 Å². The van der Waals surface area contributed by atoms with E-state index in [-0.39, 0.29) is 12.4 Å². The second-order valence-corrected chi connectivity index (χ2v) is 11.8. The number of ketones is 1. The average molecular weight is 638 g/mol. The predicted octanol–water partition coefficient (Wildman–Crippen LogP) is 7.85. The van der Waals surface area contributed by atoms with E-state index < -0.39 is 6.04 Å². The first-order valence-corrected chi connectivity index (χ1v) is 15.1. The lowest BCUT2D eigenvalue weighted by Gasteiger charge is -2.32. The maximum Gasteiger partial charge on any atom is 0.227 e. The maximum absolute atomic E-state index is 13.2. The molecule has 11 heteroatoms. The number of hydrogen-bond acceptors (Lipinski definition) is 7. The standard InChI is InChI=1S/C27H27BrCl2N4O3S/c1-3-10-38-27-32-26-31-20-6-5-7-21(35)23(20)24(34(26)33-27)16-11-18(28)25(22(12-16)36-4-2)37-14-15-8-9-17(29)13-19(15)30/h8-9,11-13,24H,3-7,10,14H2,1-2H3,(H,31,32,33). The summed E-state index contributed by atoms with van der Waals surface area (Å²) in [6.45, 7) is 4.73. The number of halogens is 3. The zero-order valence-electron chi connectivity index (χ0n) is 21.0. The van der Waals surface area contributed by atoms with Crippen molar-refractivity contribution >= 4 is 62.6 Å². The number of hydrogen-bond donors (Lipinski definition) is 1. The highest BCUT2D eigenvalue weighted by atomic mass is 79.9. The van der Waals surface area contributed by atoms with E-state index in [4.69, 9.17) is 42.8 Å². The Kier molecular flexibility index (Phi) is 8.57. The van der Waals surface area contributed by atoms with Crippen molar-refractivity contribution in [2.24, 2.45) is 0 Å². The molecule has 0 spiro atoms. The first kappa shape index (κ1) is 27.4. The second kappa shape index (κ2) is 11.9. The van der Waals surface area contributed by atoms with Crippen molar-refractivity contribution < 1.29 is 14.3 Å². The quantitative estimate of drug-likeness (QED) is 0.239. The summed E-state index contributed by atoms with van der Waals surface area (Å²) >= 11 is 17.7. The molecule has 0 bridgehead atoms.